The molecule has 7 heteroatoms. The maximum absolute atomic E-state index is 13.3. The zero-order valence-corrected chi connectivity index (χ0v) is 14.2. The number of halogens is 2. The number of anilines is 3. The molecule has 5 nitrogen and oxygen atoms in total. The molecular formula is C18H21F2N3O2. The van der Waals surface area contributed by atoms with E-state index in [1.165, 1.54) is 0 Å². The van der Waals surface area contributed by atoms with E-state index in [1.807, 2.05) is 14.1 Å². The van der Waals surface area contributed by atoms with Crippen LogP contribution in [0.15, 0.2) is 27.8 Å². The van der Waals surface area contributed by atoms with Gasteiger partial charge >= 0.3 is 0 Å². The zero-order valence-electron chi connectivity index (χ0n) is 14.2. The molecule has 0 aromatic heterocycles. The van der Waals surface area contributed by atoms with Gasteiger partial charge in [-0.05, 0) is 39.1 Å². The number of nitrogens with zero attached hydrogens (tertiary/aromatic N) is 1. The first-order chi connectivity index (χ1) is 11.9. The van der Waals surface area contributed by atoms with Crippen molar-refractivity contribution < 1.29 is 8.78 Å². The summed E-state index contributed by atoms with van der Waals surface area (Å²) in [5, 5.41) is 5.86. The summed E-state index contributed by atoms with van der Waals surface area (Å²) in [6, 6.07) is 3.21. The Labute approximate surface area is 144 Å². The van der Waals surface area contributed by atoms with Crippen LogP contribution in [0.2, 0.25) is 0 Å². The number of rotatable bonds is 5. The van der Waals surface area contributed by atoms with Gasteiger partial charge in [0.25, 0.3) is 10.9 Å². The van der Waals surface area contributed by atoms with Crippen LogP contribution in [-0.2, 0) is 0 Å². The SMILES string of the molecule is CN(C)[C@@H]1CCCC[C@H]1Nc1c(Nc2cc(F)cc(F)c2)c(=O)c1=O. The molecule has 2 N–H and O–H groups in total. The van der Waals surface area contributed by atoms with Crippen molar-refractivity contribution in [2.45, 2.75) is 37.8 Å². The Morgan fingerprint density at radius 2 is 1.56 bits per heavy atom. The van der Waals surface area contributed by atoms with Crippen LogP contribution in [0.3, 0.4) is 0 Å². The molecule has 1 aliphatic carbocycles. The average molecular weight is 349 g/mol. The van der Waals surface area contributed by atoms with E-state index >= 15 is 0 Å². The van der Waals surface area contributed by atoms with Crippen LogP contribution in [0.4, 0.5) is 25.8 Å². The molecule has 0 spiro atoms. The minimum atomic E-state index is -0.754. The predicted molar refractivity (Wildman–Crippen MR) is 94.3 cm³/mol. The highest BCUT2D eigenvalue weighted by molar-refractivity contribution is 5.79. The van der Waals surface area contributed by atoms with E-state index in [-0.39, 0.29) is 29.1 Å². The van der Waals surface area contributed by atoms with Gasteiger partial charge in [-0.2, -0.15) is 0 Å². The number of hydrogen-bond acceptors (Lipinski definition) is 5. The normalized spacial score (nSPS) is 20.8. The van der Waals surface area contributed by atoms with Crippen molar-refractivity contribution in [1.82, 2.24) is 4.90 Å². The summed E-state index contributed by atoms with van der Waals surface area (Å²) in [6.07, 6.45) is 4.09. The number of hydrogen-bond donors (Lipinski definition) is 2. The lowest BCUT2D eigenvalue weighted by Crippen LogP contribution is -2.48. The van der Waals surface area contributed by atoms with E-state index in [9.17, 15) is 18.4 Å². The fourth-order valence-electron chi connectivity index (χ4n) is 3.50. The summed E-state index contributed by atoms with van der Waals surface area (Å²) in [5.41, 5.74) is -0.904. The average Bonchev–Trinajstić information content (AvgIpc) is 2.57. The smallest absolute Gasteiger partial charge is 0.253 e. The molecule has 1 fully saturated rings. The molecule has 2 atom stereocenters. The highest BCUT2D eigenvalue weighted by Crippen LogP contribution is 2.28. The Kier molecular flexibility index (Phi) is 4.85. The quantitative estimate of drug-likeness (QED) is 0.813. The summed E-state index contributed by atoms with van der Waals surface area (Å²) in [7, 11) is 3.98. The van der Waals surface area contributed by atoms with Gasteiger partial charge in [-0.25, -0.2) is 8.78 Å². The van der Waals surface area contributed by atoms with Gasteiger partial charge in [0.15, 0.2) is 0 Å². The molecule has 1 aliphatic rings. The monoisotopic (exact) mass is 349 g/mol. The molecule has 0 aliphatic heterocycles. The van der Waals surface area contributed by atoms with Crippen LogP contribution in [0.25, 0.3) is 0 Å². The lowest BCUT2D eigenvalue weighted by Gasteiger charge is -2.37. The third-order valence-electron chi connectivity index (χ3n) is 4.76. The number of likely N-dealkylation sites (N-methyl/N-ethyl adjacent to an activating group) is 1. The summed E-state index contributed by atoms with van der Waals surface area (Å²) in [4.78, 5) is 26.0. The van der Waals surface area contributed by atoms with E-state index < -0.39 is 22.5 Å². The van der Waals surface area contributed by atoms with Gasteiger partial charge in [0.1, 0.15) is 23.0 Å². The first-order valence-electron chi connectivity index (χ1n) is 8.36. The van der Waals surface area contributed by atoms with Gasteiger partial charge in [0.2, 0.25) is 0 Å². The standard InChI is InChI=1S/C18H21F2N3O2/c1-23(2)14-6-4-3-5-13(14)22-16-15(17(24)18(16)25)21-12-8-10(19)7-11(20)9-12/h7-9,13-14,21-22H,3-6H2,1-2H3/t13-,14-/m1/s1. The minimum Gasteiger partial charge on any atom is -0.376 e. The molecule has 0 bridgehead atoms. The first-order valence-corrected chi connectivity index (χ1v) is 8.36. The lowest BCUT2D eigenvalue weighted by atomic mass is 9.89. The fraction of sp³-hybridized carbons (Fsp3) is 0.444. The predicted octanol–water partition coefficient (Wildman–Crippen LogP) is 2.59. The maximum Gasteiger partial charge on any atom is 0.253 e. The molecule has 2 aromatic carbocycles. The topological polar surface area (TPSA) is 61.4 Å². The van der Waals surface area contributed by atoms with Gasteiger partial charge < -0.3 is 15.5 Å². The Hall–Kier alpha value is -2.28. The van der Waals surface area contributed by atoms with Crippen molar-refractivity contribution in [3.8, 4) is 0 Å². The van der Waals surface area contributed by atoms with Gasteiger partial charge in [0.05, 0.1) is 0 Å². The van der Waals surface area contributed by atoms with Crippen LogP contribution in [0.1, 0.15) is 25.7 Å². The van der Waals surface area contributed by atoms with Gasteiger partial charge in [-0.1, -0.05) is 12.8 Å². The Morgan fingerprint density at radius 3 is 2.20 bits per heavy atom. The number of nitrogens with one attached hydrogen (secondary N) is 2. The van der Waals surface area contributed by atoms with Crippen molar-refractivity contribution in [1.29, 1.82) is 0 Å². The molecule has 134 valence electrons. The van der Waals surface area contributed by atoms with Gasteiger partial charge in [0, 0.05) is 23.8 Å². The number of benzene rings is 1. The molecule has 0 unspecified atom stereocenters. The van der Waals surface area contributed by atoms with E-state index in [2.05, 4.69) is 15.5 Å². The molecule has 3 rings (SSSR count). The van der Waals surface area contributed by atoms with Gasteiger partial charge in [-0.15, -0.1) is 0 Å². The second-order valence-corrected chi connectivity index (χ2v) is 6.76. The molecule has 0 saturated heterocycles. The van der Waals surface area contributed by atoms with Crippen LogP contribution < -0.4 is 21.5 Å². The fourth-order valence-corrected chi connectivity index (χ4v) is 3.50. The zero-order chi connectivity index (χ0) is 18.1. The largest absolute Gasteiger partial charge is 0.376 e. The van der Waals surface area contributed by atoms with Crippen molar-refractivity contribution >= 4 is 17.1 Å². The van der Waals surface area contributed by atoms with E-state index in [0.29, 0.717) is 0 Å². The Morgan fingerprint density at radius 1 is 0.960 bits per heavy atom. The second kappa shape index (κ2) is 6.92. The summed E-state index contributed by atoms with van der Waals surface area (Å²) < 4.78 is 26.6. The summed E-state index contributed by atoms with van der Waals surface area (Å²) in [6.45, 7) is 0. The molecule has 0 amide bonds. The highest BCUT2D eigenvalue weighted by Gasteiger charge is 2.30. The van der Waals surface area contributed by atoms with E-state index in [0.717, 1.165) is 43.9 Å². The highest BCUT2D eigenvalue weighted by atomic mass is 19.1. The van der Waals surface area contributed by atoms with Crippen LogP contribution in [0.5, 0.6) is 0 Å². The van der Waals surface area contributed by atoms with Crippen molar-refractivity contribution in [3.63, 3.8) is 0 Å². The summed E-state index contributed by atoms with van der Waals surface area (Å²) >= 11 is 0. The molecule has 2 aromatic rings. The van der Waals surface area contributed by atoms with Crippen molar-refractivity contribution in [2.24, 2.45) is 0 Å². The molecule has 0 heterocycles. The Bertz CT molecular complexity index is 823. The van der Waals surface area contributed by atoms with Crippen LogP contribution in [-0.4, -0.2) is 31.1 Å². The maximum atomic E-state index is 13.3. The van der Waals surface area contributed by atoms with Crippen molar-refractivity contribution in [3.05, 3.63) is 50.3 Å². The van der Waals surface area contributed by atoms with Crippen molar-refractivity contribution in [2.75, 3.05) is 24.7 Å². The van der Waals surface area contributed by atoms with Crippen LogP contribution in [0, 0.1) is 11.6 Å². The molecule has 1 saturated carbocycles. The minimum absolute atomic E-state index is 0.0526. The second-order valence-electron chi connectivity index (χ2n) is 6.76. The molecule has 0 radical (unpaired) electrons. The Balaban J connectivity index is 1.83. The summed E-state index contributed by atoms with van der Waals surface area (Å²) in [5.74, 6) is -1.51. The van der Waals surface area contributed by atoms with Gasteiger partial charge in [-0.3, -0.25) is 9.59 Å². The van der Waals surface area contributed by atoms with E-state index in [4.69, 9.17) is 0 Å². The third kappa shape index (κ3) is 3.56. The molecule has 25 heavy (non-hydrogen) atoms. The third-order valence-corrected chi connectivity index (χ3v) is 4.76. The van der Waals surface area contributed by atoms with Crippen LogP contribution >= 0.6 is 0 Å². The first kappa shape index (κ1) is 17.5. The molecular weight excluding hydrogens is 328 g/mol. The van der Waals surface area contributed by atoms with E-state index in [1.54, 1.807) is 0 Å². The lowest BCUT2D eigenvalue weighted by molar-refractivity contribution is 0.211.